The van der Waals surface area contributed by atoms with E-state index in [4.69, 9.17) is 10.4 Å². The molecule has 0 atom stereocenters. The molecule has 23 heavy (non-hydrogen) atoms. The van der Waals surface area contributed by atoms with Crippen molar-refractivity contribution in [2.45, 2.75) is 44.7 Å². The molecule has 0 amide bonds. The number of hydrogen-bond donors (Lipinski definition) is 2. The Morgan fingerprint density at radius 3 is 2.83 bits per heavy atom. The minimum atomic E-state index is -0.745. The van der Waals surface area contributed by atoms with Crippen LogP contribution in [0.2, 0.25) is 0 Å². The maximum atomic E-state index is 11.0. The number of nitrogens with one attached hydrogen (secondary N) is 1. The SMILES string of the molecule is Cc1cc(NC2CC(N(CC(=O)O)CC3CC3)C2)cc(C#N)n1. The van der Waals surface area contributed by atoms with Gasteiger partial charge in [-0.15, -0.1) is 0 Å². The zero-order valence-corrected chi connectivity index (χ0v) is 13.3. The number of nitrogens with zero attached hydrogens (tertiary/aromatic N) is 3. The number of pyridine rings is 1. The second-order valence-corrected chi connectivity index (χ2v) is 6.73. The first-order valence-electron chi connectivity index (χ1n) is 8.14. The molecule has 0 aliphatic heterocycles. The van der Waals surface area contributed by atoms with Crippen molar-refractivity contribution in [2.24, 2.45) is 5.92 Å². The molecule has 6 nitrogen and oxygen atoms in total. The lowest BCUT2D eigenvalue weighted by Gasteiger charge is -2.43. The van der Waals surface area contributed by atoms with Crippen LogP contribution >= 0.6 is 0 Å². The number of carboxylic acid groups (broad SMARTS) is 1. The van der Waals surface area contributed by atoms with Gasteiger partial charge >= 0.3 is 5.97 Å². The van der Waals surface area contributed by atoms with Crippen LogP contribution in [0.1, 0.15) is 37.1 Å². The number of hydrogen-bond acceptors (Lipinski definition) is 5. The molecule has 0 bridgehead atoms. The molecule has 0 saturated heterocycles. The van der Waals surface area contributed by atoms with Crippen molar-refractivity contribution in [3.8, 4) is 6.07 Å². The van der Waals surface area contributed by atoms with Gasteiger partial charge in [0.05, 0.1) is 6.54 Å². The van der Waals surface area contributed by atoms with E-state index in [0.717, 1.165) is 30.8 Å². The standard InChI is InChI=1S/C17H22N4O2/c1-11-4-13(5-15(8-18)19-11)20-14-6-16(7-14)21(10-17(22)23)9-12-2-3-12/h4-5,12,14,16H,2-3,6-7,9-10H2,1H3,(H,19,20)(H,22,23). The number of carboxylic acids is 1. The van der Waals surface area contributed by atoms with Crippen molar-refractivity contribution in [3.05, 3.63) is 23.5 Å². The van der Waals surface area contributed by atoms with Gasteiger partial charge in [-0.2, -0.15) is 5.26 Å². The van der Waals surface area contributed by atoms with Crippen molar-refractivity contribution in [1.82, 2.24) is 9.88 Å². The Hall–Kier alpha value is -2.13. The van der Waals surface area contributed by atoms with E-state index in [1.807, 2.05) is 13.0 Å². The molecule has 0 radical (unpaired) electrons. The highest BCUT2D eigenvalue weighted by Crippen LogP contribution is 2.34. The van der Waals surface area contributed by atoms with E-state index >= 15 is 0 Å². The fourth-order valence-corrected chi connectivity index (χ4v) is 3.20. The summed E-state index contributed by atoms with van der Waals surface area (Å²) >= 11 is 0. The van der Waals surface area contributed by atoms with Crippen LogP contribution in [-0.2, 0) is 4.79 Å². The smallest absolute Gasteiger partial charge is 0.317 e. The van der Waals surface area contributed by atoms with Gasteiger partial charge < -0.3 is 10.4 Å². The van der Waals surface area contributed by atoms with Gasteiger partial charge in [-0.1, -0.05) is 0 Å². The zero-order valence-electron chi connectivity index (χ0n) is 13.3. The predicted molar refractivity (Wildman–Crippen MR) is 86.1 cm³/mol. The molecular formula is C17H22N4O2. The third-order valence-electron chi connectivity index (χ3n) is 4.60. The van der Waals surface area contributed by atoms with Crippen LogP contribution < -0.4 is 5.32 Å². The molecule has 2 N–H and O–H groups in total. The summed E-state index contributed by atoms with van der Waals surface area (Å²) in [7, 11) is 0. The molecule has 1 aromatic heterocycles. The molecule has 0 spiro atoms. The minimum absolute atomic E-state index is 0.140. The number of aromatic nitrogens is 1. The average Bonchev–Trinajstić information content (AvgIpc) is 3.24. The van der Waals surface area contributed by atoms with E-state index in [2.05, 4.69) is 21.3 Å². The second-order valence-electron chi connectivity index (χ2n) is 6.73. The fourth-order valence-electron chi connectivity index (χ4n) is 3.20. The number of aryl methyl sites for hydroxylation is 1. The molecule has 2 saturated carbocycles. The summed E-state index contributed by atoms with van der Waals surface area (Å²) < 4.78 is 0. The fraction of sp³-hybridized carbons (Fsp3) is 0.588. The van der Waals surface area contributed by atoms with E-state index in [9.17, 15) is 4.79 Å². The minimum Gasteiger partial charge on any atom is -0.480 e. The number of nitriles is 1. The van der Waals surface area contributed by atoms with Crippen molar-refractivity contribution in [3.63, 3.8) is 0 Å². The molecule has 0 unspecified atom stereocenters. The van der Waals surface area contributed by atoms with Crippen LogP contribution in [0, 0.1) is 24.2 Å². The van der Waals surface area contributed by atoms with E-state index < -0.39 is 5.97 Å². The van der Waals surface area contributed by atoms with Crippen molar-refractivity contribution < 1.29 is 9.90 Å². The van der Waals surface area contributed by atoms with E-state index in [1.165, 1.54) is 12.8 Å². The summed E-state index contributed by atoms with van der Waals surface area (Å²) in [6, 6.07) is 6.46. The highest BCUT2D eigenvalue weighted by molar-refractivity contribution is 5.69. The van der Waals surface area contributed by atoms with E-state index in [1.54, 1.807) is 6.07 Å². The summed E-state index contributed by atoms with van der Waals surface area (Å²) in [6.45, 7) is 2.93. The quantitative estimate of drug-likeness (QED) is 0.800. The highest BCUT2D eigenvalue weighted by Gasteiger charge is 2.37. The Morgan fingerprint density at radius 2 is 2.22 bits per heavy atom. The summed E-state index contributed by atoms with van der Waals surface area (Å²) in [5, 5.41) is 21.5. The normalized spacial score (nSPS) is 23.2. The largest absolute Gasteiger partial charge is 0.480 e. The van der Waals surface area contributed by atoms with E-state index in [0.29, 0.717) is 23.7 Å². The molecule has 2 aliphatic rings. The molecular weight excluding hydrogens is 292 g/mol. The van der Waals surface area contributed by atoms with Gasteiger partial charge in [0, 0.05) is 30.0 Å². The monoisotopic (exact) mass is 314 g/mol. The Kier molecular flexibility index (Phi) is 4.49. The maximum Gasteiger partial charge on any atom is 0.317 e. The van der Waals surface area contributed by atoms with Crippen molar-refractivity contribution >= 4 is 11.7 Å². The summed E-state index contributed by atoms with van der Waals surface area (Å²) in [5.74, 6) is -0.0483. The van der Waals surface area contributed by atoms with Crippen molar-refractivity contribution in [2.75, 3.05) is 18.4 Å². The third-order valence-corrected chi connectivity index (χ3v) is 4.60. The third kappa shape index (κ3) is 4.20. The molecule has 2 fully saturated rings. The van der Waals surface area contributed by atoms with E-state index in [-0.39, 0.29) is 6.54 Å². The van der Waals surface area contributed by atoms with Crippen LogP contribution in [0.25, 0.3) is 0 Å². The lowest BCUT2D eigenvalue weighted by molar-refractivity contribution is -0.139. The average molecular weight is 314 g/mol. The summed E-state index contributed by atoms with van der Waals surface area (Å²) in [4.78, 5) is 17.3. The van der Waals surface area contributed by atoms with Crippen molar-refractivity contribution in [1.29, 1.82) is 5.26 Å². The molecule has 3 rings (SSSR count). The van der Waals surface area contributed by atoms with Gasteiger partial charge in [-0.3, -0.25) is 9.69 Å². The molecule has 2 aliphatic carbocycles. The molecule has 0 aromatic carbocycles. The van der Waals surface area contributed by atoms with Gasteiger partial charge in [0.1, 0.15) is 11.8 Å². The highest BCUT2D eigenvalue weighted by atomic mass is 16.4. The Morgan fingerprint density at radius 1 is 1.48 bits per heavy atom. The Bertz CT molecular complexity index is 630. The van der Waals surface area contributed by atoms with Gasteiger partial charge in [0.15, 0.2) is 0 Å². The Balaban J connectivity index is 1.54. The number of rotatable bonds is 7. The first kappa shape index (κ1) is 15.8. The number of carbonyl (C=O) groups is 1. The zero-order chi connectivity index (χ0) is 16.4. The first-order valence-corrected chi connectivity index (χ1v) is 8.14. The number of anilines is 1. The number of aliphatic carboxylic acids is 1. The second kappa shape index (κ2) is 6.55. The topological polar surface area (TPSA) is 89.3 Å². The summed E-state index contributed by atoms with van der Waals surface area (Å²) in [5.41, 5.74) is 2.16. The lowest BCUT2D eigenvalue weighted by atomic mass is 9.85. The lowest BCUT2D eigenvalue weighted by Crippen LogP contribution is -2.52. The summed E-state index contributed by atoms with van der Waals surface area (Å²) in [6.07, 6.45) is 4.36. The molecule has 1 heterocycles. The van der Waals surface area contributed by atoms with Crippen LogP contribution in [0.3, 0.4) is 0 Å². The van der Waals surface area contributed by atoms with Gasteiger partial charge in [0.25, 0.3) is 0 Å². The van der Waals surface area contributed by atoms with Crippen LogP contribution in [0.15, 0.2) is 12.1 Å². The maximum absolute atomic E-state index is 11.0. The first-order chi connectivity index (χ1) is 11.0. The van der Waals surface area contributed by atoms with Crippen LogP contribution in [0.5, 0.6) is 0 Å². The van der Waals surface area contributed by atoms with Crippen LogP contribution in [0.4, 0.5) is 5.69 Å². The van der Waals surface area contributed by atoms with Gasteiger partial charge in [-0.25, -0.2) is 4.98 Å². The molecule has 1 aromatic rings. The van der Waals surface area contributed by atoms with Gasteiger partial charge in [-0.05, 0) is 50.7 Å². The molecule has 122 valence electrons. The Labute approximate surface area is 136 Å². The van der Waals surface area contributed by atoms with Crippen LogP contribution in [-0.4, -0.2) is 46.1 Å². The molecule has 6 heteroatoms. The van der Waals surface area contributed by atoms with Gasteiger partial charge in [0.2, 0.25) is 0 Å². The predicted octanol–water partition coefficient (Wildman–Crippen LogP) is 2.00.